The molecular formula is C6H7F5N2O8S4. The maximum atomic E-state index is 13.8. The second kappa shape index (κ2) is 5.97. The number of alkyl halides is 5. The van der Waals surface area contributed by atoms with Crippen molar-refractivity contribution < 1.29 is 55.6 Å². The first-order valence-electron chi connectivity index (χ1n) is 5.09. The molecule has 0 rings (SSSR count). The molecular weight excluding hydrogens is 451 g/mol. The SMILES string of the molecule is CC(C#N)(S(C)(=O)=O)S(=O)(=O)C(F)(F)S(=O)(=O)NS(=O)(=O)C(F)(F)F. The van der Waals surface area contributed by atoms with Crippen molar-refractivity contribution in [2.45, 2.75) is 21.1 Å². The molecule has 0 spiro atoms. The monoisotopic (exact) mass is 458 g/mol. The van der Waals surface area contributed by atoms with Gasteiger partial charge >= 0.3 is 30.1 Å². The maximum Gasteiger partial charge on any atom is 0.512 e. The molecule has 0 saturated heterocycles. The minimum Gasteiger partial charge on any atom is -0.226 e. The Kier molecular flexibility index (Phi) is 5.71. The topological polar surface area (TPSA) is 172 Å². The number of rotatable bonds is 6. The molecule has 0 amide bonds. The Morgan fingerprint density at radius 1 is 0.840 bits per heavy atom. The van der Waals surface area contributed by atoms with Crippen LogP contribution in [0.5, 0.6) is 0 Å². The van der Waals surface area contributed by atoms with Crippen LogP contribution in [0.2, 0.25) is 0 Å². The third kappa shape index (κ3) is 3.57. The Balaban J connectivity index is 6.67. The Morgan fingerprint density at radius 3 is 1.44 bits per heavy atom. The van der Waals surface area contributed by atoms with E-state index in [1.54, 1.807) is 0 Å². The lowest BCUT2D eigenvalue weighted by atomic mass is 10.5. The van der Waals surface area contributed by atoms with Crippen molar-refractivity contribution in [3.05, 3.63) is 0 Å². The zero-order chi connectivity index (χ0) is 20.9. The van der Waals surface area contributed by atoms with Gasteiger partial charge in [0.15, 0.2) is 9.84 Å². The minimum atomic E-state index is -7.21. The van der Waals surface area contributed by atoms with E-state index in [9.17, 15) is 55.6 Å². The molecule has 0 radical (unpaired) electrons. The van der Waals surface area contributed by atoms with E-state index in [2.05, 4.69) is 0 Å². The molecule has 0 aromatic carbocycles. The van der Waals surface area contributed by atoms with E-state index in [1.165, 1.54) is 0 Å². The molecule has 0 aliphatic carbocycles. The highest BCUT2D eigenvalue weighted by Crippen LogP contribution is 2.39. The lowest BCUT2D eigenvalue weighted by Crippen LogP contribution is -2.57. The zero-order valence-corrected chi connectivity index (χ0v) is 15.0. The van der Waals surface area contributed by atoms with Crippen LogP contribution >= 0.6 is 0 Å². The molecule has 25 heavy (non-hydrogen) atoms. The molecule has 0 aliphatic heterocycles. The fourth-order valence-electron chi connectivity index (χ4n) is 0.954. The number of hydrogen-bond donors (Lipinski definition) is 1. The average Bonchev–Trinajstić information content (AvgIpc) is 2.32. The van der Waals surface area contributed by atoms with E-state index in [-0.39, 0.29) is 13.2 Å². The van der Waals surface area contributed by atoms with Gasteiger partial charge in [0.2, 0.25) is 0 Å². The molecule has 0 aromatic heterocycles. The van der Waals surface area contributed by atoms with Gasteiger partial charge in [0.1, 0.15) is 6.07 Å². The van der Waals surface area contributed by atoms with Gasteiger partial charge in [0.25, 0.3) is 13.9 Å². The third-order valence-electron chi connectivity index (χ3n) is 2.57. The van der Waals surface area contributed by atoms with Crippen molar-refractivity contribution in [1.29, 1.82) is 5.26 Å². The van der Waals surface area contributed by atoms with E-state index >= 15 is 0 Å². The Labute approximate surface area is 138 Å². The van der Waals surface area contributed by atoms with E-state index in [4.69, 9.17) is 5.26 Å². The van der Waals surface area contributed by atoms with E-state index < -0.39 is 58.0 Å². The van der Waals surface area contributed by atoms with Gasteiger partial charge in [-0.05, 0) is 6.92 Å². The first-order chi connectivity index (χ1) is 10.5. The van der Waals surface area contributed by atoms with Crippen LogP contribution in [0.3, 0.4) is 0 Å². The summed E-state index contributed by atoms with van der Waals surface area (Å²) in [5.41, 5.74) is -6.42. The number of hydrogen-bond acceptors (Lipinski definition) is 9. The van der Waals surface area contributed by atoms with Gasteiger partial charge in [-0.25, -0.2) is 33.7 Å². The number of nitrogens with zero attached hydrogens (tertiary/aromatic N) is 1. The van der Waals surface area contributed by atoms with Crippen LogP contribution in [-0.4, -0.2) is 54.1 Å². The van der Waals surface area contributed by atoms with Gasteiger partial charge < -0.3 is 0 Å². The van der Waals surface area contributed by atoms with E-state index in [1.807, 2.05) is 0 Å². The molecule has 0 bridgehead atoms. The smallest absolute Gasteiger partial charge is 0.226 e. The second-order valence-corrected chi connectivity index (χ2v) is 13.2. The first-order valence-corrected chi connectivity index (χ1v) is 11.4. The number of sulfone groups is 2. The molecule has 0 fully saturated rings. The van der Waals surface area contributed by atoms with Crippen LogP contribution in [0, 0.1) is 11.3 Å². The van der Waals surface area contributed by atoms with Crippen molar-refractivity contribution in [2.24, 2.45) is 0 Å². The fraction of sp³-hybridized carbons (Fsp3) is 0.833. The highest BCUT2D eigenvalue weighted by molar-refractivity contribution is 8.19. The number of halogens is 5. The number of nitrogens with one attached hydrogen (secondary N) is 1. The molecule has 148 valence electrons. The summed E-state index contributed by atoms with van der Waals surface area (Å²) < 4.78 is 142. The van der Waals surface area contributed by atoms with Crippen LogP contribution in [-0.2, 0) is 39.7 Å². The van der Waals surface area contributed by atoms with Crippen LogP contribution in [0.15, 0.2) is 0 Å². The molecule has 0 saturated carbocycles. The predicted molar refractivity (Wildman–Crippen MR) is 69.8 cm³/mol. The maximum absolute atomic E-state index is 13.8. The Morgan fingerprint density at radius 2 is 1.20 bits per heavy atom. The summed E-state index contributed by atoms with van der Waals surface area (Å²) in [4.78, 5) is 0. The summed E-state index contributed by atoms with van der Waals surface area (Å²) in [5, 5.41) is 8.59. The van der Waals surface area contributed by atoms with Gasteiger partial charge in [-0.3, -0.25) is 0 Å². The van der Waals surface area contributed by atoms with Crippen LogP contribution in [0.25, 0.3) is 0 Å². The standard InChI is InChI=1S/C6H7F5N2O8S4/c1-4(3-12,22(2,14)15)23(16,17)6(10,11)25(20,21)13-24(18,19)5(7,8)9/h13H,1-2H3. The second-order valence-electron chi connectivity index (χ2n) is 4.33. The normalized spacial score (nSPS) is 17.5. The quantitative estimate of drug-likeness (QED) is 0.490. The van der Waals surface area contributed by atoms with Crippen molar-refractivity contribution in [3.8, 4) is 6.07 Å². The molecule has 0 heterocycles. The van der Waals surface area contributed by atoms with Crippen molar-refractivity contribution in [2.75, 3.05) is 6.26 Å². The molecule has 1 unspecified atom stereocenters. The van der Waals surface area contributed by atoms with Crippen molar-refractivity contribution in [3.63, 3.8) is 0 Å². The Hall–Kier alpha value is -1.10. The van der Waals surface area contributed by atoms with Crippen molar-refractivity contribution in [1.82, 2.24) is 4.13 Å². The van der Waals surface area contributed by atoms with Gasteiger partial charge in [-0.1, -0.05) is 4.13 Å². The minimum absolute atomic E-state index is 0.0453. The molecule has 1 N–H and O–H groups in total. The van der Waals surface area contributed by atoms with Crippen LogP contribution in [0.1, 0.15) is 6.92 Å². The lowest BCUT2D eigenvalue weighted by molar-refractivity contribution is -0.0441. The lowest BCUT2D eigenvalue weighted by Gasteiger charge is -2.25. The first kappa shape index (κ1) is 23.9. The molecule has 10 nitrogen and oxygen atoms in total. The van der Waals surface area contributed by atoms with Gasteiger partial charge in [-0.15, -0.1) is 0 Å². The molecule has 0 aromatic rings. The summed E-state index contributed by atoms with van der Waals surface area (Å²) in [6.45, 7) is -0.153. The summed E-state index contributed by atoms with van der Waals surface area (Å²) in [6, 6.07) is 0.410. The van der Waals surface area contributed by atoms with Crippen LogP contribution < -0.4 is 4.13 Å². The summed E-state index contributed by atoms with van der Waals surface area (Å²) in [6.07, 6.45) is -0.0453. The average molecular weight is 458 g/mol. The van der Waals surface area contributed by atoms with Crippen molar-refractivity contribution >= 4 is 39.7 Å². The predicted octanol–water partition coefficient (Wildman–Crippen LogP) is -0.995. The van der Waals surface area contributed by atoms with E-state index in [0.717, 1.165) is 0 Å². The summed E-state index contributed by atoms with van der Waals surface area (Å²) in [7, 11) is -26.4. The zero-order valence-electron chi connectivity index (χ0n) is 11.7. The number of sulfonamides is 2. The largest absolute Gasteiger partial charge is 0.512 e. The van der Waals surface area contributed by atoms with Crippen LogP contribution in [0.4, 0.5) is 22.0 Å². The molecule has 19 heteroatoms. The van der Waals surface area contributed by atoms with Gasteiger partial charge in [0, 0.05) is 6.26 Å². The fourth-order valence-corrected chi connectivity index (χ4v) is 7.64. The van der Waals surface area contributed by atoms with E-state index in [0.29, 0.717) is 6.07 Å². The highest BCUT2D eigenvalue weighted by atomic mass is 32.3. The Bertz CT molecular complexity index is 1020. The third-order valence-corrected chi connectivity index (χ3v) is 11.7. The highest BCUT2D eigenvalue weighted by Gasteiger charge is 2.70. The summed E-state index contributed by atoms with van der Waals surface area (Å²) >= 11 is 0. The van der Waals surface area contributed by atoms with Gasteiger partial charge in [-0.2, -0.15) is 27.2 Å². The van der Waals surface area contributed by atoms with Gasteiger partial charge in [0.05, 0.1) is 0 Å². The summed E-state index contributed by atoms with van der Waals surface area (Å²) in [5.74, 6) is 0. The number of nitriles is 1. The molecule has 1 atom stereocenters. The molecule has 0 aliphatic rings.